The van der Waals surface area contributed by atoms with Gasteiger partial charge in [0, 0.05) is 22.2 Å². The van der Waals surface area contributed by atoms with Crippen LogP contribution in [0.5, 0.6) is 0 Å². The molecule has 1 unspecified atom stereocenters. The highest BCUT2D eigenvalue weighted by molar-refractivity contribution is 6.35. The quantitative estimate of drug-likeness (QED) is 0.421. The van der Waals surface area contributed by atoms with E-state index in [0.717, 1.165) is 5.56 Å². The van der Waals surface area contributed by atoms with Gasteiger partial charge in [0.2, 0.25) is 0 Å². The molecule has 6 nitrogen and oxygen atoms in total. The third-order valence-electron chi connectivity index (χ3n) is 4.11. The average molecular weight is 439 g/mol. The van der Waals surface area contributed by atoms with Crippen molar-refractivity contribution in [2.45, 2.75) is 38.5 Å². The van der Waals surface area contributed by atoms with Crippen LogP contribution < -0.4 is 11.1 Å². The minimum Gasteiger partial charge on any atom is -0.460 e. The third-order valence-corrected chi connectivity index (χ3v) is 4.70. The third kappa shape index (κ3) is 8.73. The highest BCUT2D eigenvalue weighted by Crippen LogP contribution is 2.21. The molecule has 2 rings (SSSR count). The highest BCUT2D eigenvalue weighted by atomic mass is 35.5. The fourth-order valence-corrected chi connectivity index (χ4v) is 2.93. The second-order valence-corrected chi connectivity index (χ2v) is 7.28. The number of nitrogens with one attached hydrogen (secondary N) is 1. The number of unbranched alkanes of at least 4 members (excludes halogenated alkanes) is 1. The first kappa shape index (κ1) is 23.0. The lowest BCUT2D eigenvalue weighted by Gasteiger charge is -2.12. The summed E-state index contributed by atoms with van der Waals surface area (Å²) < 4.78 is 10.3. The first-order valence-corrected chi connectivity index (χ1v) is 10.0. The van der Waals surface area contributed by atoms with Crippen molar-refractivity contribution in [3.63, 3.8) is 0 Å². The van der Waals surface area contributed by atoms with Crippen LogP contribution in [0.15, 0.2) is 48.5 Å². The monoisotopic (exact) mass is 438 g/mol. The summed E-state index contributed by atoms with van der Waals surface area (Å²) in [6.45, 7) is 0.678. The molecule has 3 N–H and O–H groups in total. The summed E-state index contributed by atoms with van der Waals surface area (Å²) in [6.07, 6.45) is 1.27. The molecule has 0 radical (unpaired) electrons. The number of nitrogens with two attached hydrogens (primary N) is 1. The van der Waals surface area contributed by atoms with E-state index in [1.165, 1.54) is 0 Å². The van der Waals surface area contributed by atoms with E-state index in [9.17, 15) is 9.59 Å². The van der Waals surface area contributed by atoms with Crippen LogP contribution in [0.1, 0.15) is 30.4 Å². The molecular weight excluding hydrogens is 415 g/mol. The molecule has 1 atom stereocenters. The molecular formula is C21H24Cl2N2O4. The maximum Gasteiger partial charge on any atom is 0.407 e. The van der Waals surface area contributed by atoms with Gasteiger partial charge in [-0.3, -0.25) is 4.79 Å². The fourth-order valence-electron chi connectivity index (χ4n) is 2.47. The van der Waals surface area contributed by atoms with Gasteiger partial charge in [0.05, 0.1) is 0 Å². The van der Waals surface area contributed by atoms with Crippen LogP contribution in [-0.4, -0.2) is 24.6 Å². The van der Waals surface area contributed by atoms with Gasteiger partial charge in [0.25, 0.3) is 0 Å². The zero-order valence-electron chi connectivity index (χ0n) is 15.9. The van der Waals surface area contributed by atoms with Crippen molar-refractivity contribution in [1.29, 1.82) is 0 Å². The number of amides is 1. The maximum atomic E-state index is 11.9. The molecule has 0 fully saturated rings. The number of carbonyl (C=O) groups is 2. The average Bonchev–Trinajstić information content (AvgIpc) is 2.71. The van der Waals surface area contributed by atoms with Gasteiger partial charge in [-0.15, -0.1) is 0 Å². The Balaban J connectivity index is 1.55. The van der Waals surface area contributed by atoms with Gasteiger partial charge < -0.3 is 20.5 Å². The molecule has 0 aliphatic heterocycles. The minimum atomic E-state index is -0.683. The summed E-state index contributed by atoms with van der Waals surface area (Å²) in [5.74, 6) is -0.430. The van der Waals surface area contributed by atoms with Crippen molar-refractivity contribution in [1.82, 2.24) is 5.32 Å². The summed E-state index contributed by atoms with van der Waals surface area (Å²) in [6, 6.07) is 13.7. The fraction of sp³-hybridized carbons (Fsp3) is 0.333. The lowest BCUT2D eigenvalue weighted by atomic mass is 10.1. The second-order valence-electron chi connectivity index (χ2n) is 6.43. The Morgan fingerprint density at radius 3 is 2.48 bits per heavy atom. The van der Waals surface area contributed by atoms with Gasteiger partial charge in [0.1, 0.15) is 19.3 Å². The van der Waals surface area contributed by atoms with Gasteiger partial charge in [-0.1, -0.05) is 59.6 Å². The first-order valence-electron chi connectivity index (χ1n) is 9.26. The number of rotatable bonds is 10. The number of esters is 1. The lowest BCUT2D eigenvalue weighted by molar-refractivity contribution is -0.146. The van der Waals surface area contributed by atoms with E-state index in [2.05, 4.69) is 5.32 Å². The molecule has 8 heteroatoms. The van der Waals surface area contributed by atoms with E-state index in [1.807, 2.05) is 30.3 Å². The smallest absolute Gasteiger partial charge is 0.407 e. The van der Waals surface area contributed by atoms with Gasteiger partial charge in [-0.05, 0) is 37.0 Å². The van der Waals surface area contributed by atoms with Crippen LogP contribution in [0.25, 0.3) is 0 Å². The van der Waals surface area contributed by atoms with E-state index in [0.29, 0.717) is 41.4 Å². The normalized spacial score (nSPS) is 11.6. The van der Waals surface area contributed by atoms with Gasteiger partial charge in [-0.2, -0.15) is 0 Å². The van der Waals surface area contributed by atoms with Crippen molar-refractivity contribution in [2.75, 3.05) is 6.54 Å². The summed E-state index contributed by atoms with van der Waals surface area (Å²) in [4.78, 5) is 23.6. The van der Waals surface area contributed by atoms with Gasteiger partial charge in [-0.25, -0.2) is 4.79 Å². The Labute approximate surface area is 180 Å². The van der Waals surface area contributed by atoms with E-state index < -0.39 is 18.1 Å². The molecule has 0 aromatic heterocycles. The number of carbonyl (C=O) groups excluding carboxylic acids is 2. The van der Waals surface area contributed by atoms with Gasteiger partial charge >= 0.3 is 12.1 Å². The Bertz CT molecular complexity index is 803. The van der Waals surface area contributed by atoms with Crippen LogP contribution in [0.4, 0.5) is 4.79 Å². The van der Waals surface area contributed by atoms with Crippen LogP contribution in [0.3, 0.4) is 0 Å². The summed E-state index contributed by atoms with van der Waals surface area (Å²) in [5.41, 5.74) is 7.44. The van der Waals surface area contributed by atoms with Crippen LogP contribution in [0, 0.1) is 0 Å². The molecule has 0 spiro atoms. The lowest BCUT2D eigenvalue weighted by Crippen LogP contribution is -2.32. The molecule has 0 saturated carbocycles. The van der Waals surface area contributed by atoms with Crippen molar-refractivity contribution in [3.05, 3.63) is 69.7 Å². The molecule has 2 aromatic carbocycles. The Kier molecular flexibility index (Phi) is 9.77. The van der Waals surface area contributed by atoms with E-state index in [1.54, 1.807) is 18.2 Å². The zero-order valence-corrected chi connectivity index (χ0v) is 17.4. The molecule has 156 valence electrons. The van der Waals surface area contributed by atoms with Crippen LogP contribution in [-0.2, 0) is 27.5 Å². The Hall–Kier alpha value is -2.28. The molecule has 0 aliphatic rings. The topological polar surface area (TPSA) is 90.6 Å². The van der Waals surface area contributed by atoms with E-state index in [-0.39, 0.29) is 13.2 Å². The molecule has 29 heavy (non-hydrogen) atoms. The highest BCUT2D eigenvalue weighted by Gasteiger charge is 2.14. The minimum absolute atomic E-state index is 0.0555. The standard InChI is InChI=1S/C21H24Cl2N2O4/c22-17-10-9-16(18(23)12-17)14-29-21(27)25-11-5-4-8-19(24)20(26)28-13-15-6-2-1-3-7-15/h1-3,6-7,9-10,12,19H,4-5,8,11,13-14,24H2,(H,25,27). The van der Waals surface area contributed by atoms with Crippen molar-refractivity contribution < 1.29 is 19.1 Å². The largest absolute Gasteiger partial charge is 0.460 e. The summed E-state index contributed by atoms with van der Waals surface area (Å²) >= 11 is 11.8. The zero-order chi connectivity index (χ0) is 21.1. The number of hydrogen-bond acceptors (Lipinski definition) is 5. The molecule has 0 aliphatic carbocycles. The number of ether oxygens (including phenoxy) is 2. The van der Waals surface area contributed by atoms with Crippen LogP contribution in [0.2, 0.25) is 10.0 Å². The molecule has 1 amide bonds. The Morgan fingerprint density at radius 1 is 1.00 bits per heavy atom. The summed E-state index contributed by atoms with van der Waals surface area (Å²) in [7, 11) is 0. The molecule has 0 saturated heterocycles. The predicted molar refractivity (Wildman–Crippen MR) is 113 cm³/mol. The predicted octanol–water partition coefficient (Wildman–Crippen LogP) is 4.46. The number of alkyl carbamates (subject to hydrolysis) is 1. The van der Waals surface area contributed by atoms with Crippen molar-refractivity contribution in [3.8, 4) is 0 Å². The molecule has 0 bridgehead atoms. The SMILES string of the molecule is NC(CCCCNC(=O)OCc1ccc(Cl)cc1Cl)C(=O)OCc1ccccc1. The van der Waals surface area contributed by atoms with E-state index in [4.69, 9.17) is 38.4 Å². The summed E-state index contributed by atoms with van der Waals surface area (Å²) in [5, 5.41) is 3.61. The maximum absolute atomic E-state index is 11.9. The molecule has 0 heterocycles. The second kappa shape index (κ2) is 12.3. The van der Waals surface area contributed by atoms with Crippen molar-refractivity contribution >= 4 is 35.3 Å². The molecule has 2 aromatic rings. The first-order chi connectivity index (χ1) is 14.0. The number of halogens is 2. The number of benzene rings is 2. The van der Waals surface area contributed by atoms with Gasteiger partial charge in [0.15, 0.2) is 0 Å². The van der Waals surface area contributed by atoms with Crippen molar-refractivity contribution in [2.24, 2.45) is 5.73 Å². The Morgan fingerprint density at radius 2 is 1.76 bits per heavy atom. The number of hydrogen-bond donors (Lipinski definition) is 2. The van der Waals surface area contributed by atoms with Crippen LogP contribution >= 0.6 is 23.2 Å². The van der Waals surface area contributed by atoms with E-state index >= 15 is 0 Å².